The van der Waals surface area contributed by atoms with Gasteiger partial charge < -0.3 is 37.6 Å². The standard InChI is InChI=1S/C25H39N5O7S/c1-4-14(2)21(30-22(33)17(26)11-12-38-3)24(35)29-19(13-15-5-7-16(31)8-6-15)23(34)28-18(25(36)37)9-10-20(27)32/h5-8,14,17-19,21,31H,4,9-13,26H2,1-3H3,(H2,27,32)(H,28,34)(H,29,35)(H,30,33)(H,36,37). The summed E-state index contributed by atoms with van der Waals surface area (Å²) in [6.07, 6.45) is 2.34. The number of nitrogens with two attached hydrogens (primary N) is 2. The van der Waals surface area contributed by atoms with Crippen molar-refractivity contribution in [2.75, 3.05) is 12.0 Å². The summed E-state index contributed by atoms with van der Waals surface area (Å²) in [7, 11) is 0. The van der Waals surface area contributed by atoms with Gasteiger partial charge in [0.15, 0.2) is 0 Å². The Balaban J connectivity index is 3.16. The molecule has 0 spiro atoms. The van der Waals surface area contributed by atoms with Gasteiger partial charge in [0.05, 0.1) is 6.04 Å². The molecule has 0 saturated heterocycles. The lowest BCUT2D eigenvalue weighted by molar-refractivity contribution is -0.142. The van der Waals surface area contributed by atoms with Gasteiger partial charge in [0, 0.05) is 12.8 Å². The van der Waals surface area contributed by atoms with Crippen LogP contribution in [0, 0.1) is 5.92 Å². The van der Waals surface area contributed by atoms with Crippen molar-refractivity contribution in [1.29, 1.82) is 0 Å². The number of carboxylic acid groups (broad SMARTS) is 1. The van der Waals surface area contributed by atoms with Gasteiger partial charge in [-0.15, -0.1) is 0 Å². The number of rotatable bonds is 17. The second-order valence-electron chi connectivity index (χ2n) is 9.10. The van der Waals surface area contributed by atoms with Crippen LogP contribution in [0.15, 0.2) is 24.3 Å². The Morgan fingerprint density at radius 3 is 2.08 bits per heavy atom. The first-order chi connectivity index (χ1) is 17.9. The Bertz CT molecular complexity index is 960. The lowest BCUT2D eigenvalue weighted by Gasteiger charge is -2.28. The summed E-state index contributed by atoms with van der Waals surface area (Å²) in [5.74, 6) is -3.62. The van der Waals surface area contributed by atoms with Crippen LogP contribution >= 0.6 is 11.8 Å². The third kappa shape index (κ3) is 11.4. The molecule has 0 heterocycles. The van der Waals surface area contributed by atoms with Crippen molar-refractivity contribution in [3.63, 3.8) is 0 Å². The van der Waals surface area contributed by atoms with Crippen LogP contribution in [0.4, 0.5) is 0 Å². The Morgan fingerprint density at radius 1 is 0.947 bits per heavy atom. The molecule has 13 heteroatoms. The molecule has 0 radical (unpaired) electrons. The van der Waals surface area contributed by atoms with Crippen molar-refractivity contribution in [3.05, 3.63) is 29.8 Å². The highest BCUT2D eigenvalue weighted by Crippen LogP contribution is 2.14. The predicted octanol–water partition coefficient (Wildman–Crippen LogP) is -0.134. The van der Waals surface area contributed by atoms with Gasteiger partial charge in [-0.2, -0.15) is 11.8 Å². The first-order valence-corrected chi connectivity index (χ1v) is 13.7. The van der Waals surface area contributed by atoms with Gasteiger partial charge in [-0.25, -0.2) is 4.79 Å². The molecular weight excluding hydrogens is 514 g/mol. The molecule has 4 amide bonds. The molecule has 212 valence electrons. The molecule has 0 fully saturated rings. The van der Waals surface area contributed by atoms with Crippen molar-refractivity contribution in [1.82, 2.24) is 16.0 Å². The summed E-state index contributed by atoms with van der Waals surface area (Å²) >= 11 is 1.54. The number of thioether (sulfide) groups is 1. The van der Waals surface area contributed by atoms with E-state index >= 15 is 0 Å². The van der Waals surface area contributed by atoms with Gasteiger partial charge in [-0.05, 0) is 48.5 Å². The number of phenolic OH excluding ortho intramolecular Hbond substituents is 1. The molecule has 9 N–H and O–H groups in total. The van der Waals surface area contributed by atoms with E-state index < -0.39 is 53.8 Å². The quantitative estimate of drug-likeness (QED) is 0.137. The monoisotopic (exact) mass is 553 g/mol. The highest BCUT2D eigenvalue weighted by molar-refractivity contribution is 7.98. The number of aromatic hydroxyl groups is 1. The second kappa shape index (κ2) is 16.5. The number of hydrogen-bond acceptors (Lipinski definition) is 8. The Hall–Kier alpha value is -3.32. The van der Waals surface area contributed by atoms with Gasteiger partial charge >= 0.3 is 5.97 Å². The van der Waals surface area contributed by atoms with Gasteiger partial charge in [0.25, 0.3) is 0 Å². The number of nitrogens with one attached hydrogen (secondary N) is 3. The van der Waals surface area contributed by atoms with Crippen LogP contribution in [-0.4, -0.2) is 76.0 Å². The van der Waals surface area contributed by atoms with E-state index in [1.165, 1.54) is 12.1 Å². The van der Waals surface area contributed by atoms with Gasteiger partial charge in [0.1, 0.15) is 23.9 Å². The van der Waals surface area contributed by atoms with Crippen molar-refractivity contribution >= 4 is 41.4 Å². The first kappa shape index (κ1) is 32.7. The van der Waals surface area contributed by atoms with E-state index in [9.17, 15) is 34.2 Å². The smallest absolute Gasteiger partial charge is 0.326 e. The molecule has 0 aliphatic heterocycles. The normalized spacial score (nSPS) is 14.8. The Labute approximate surface area is 226 Å². The van der Waals surface area contributed by atoms with Gasteiger partial charge in [0.2, 0.25) is 23.6 Å². The minimum Gasteiger partial charge on any atom is -0.508 e. The number of amides is 4. The molecule has 0 bridgehead atoms. The summed E-state index contributed by atoms with van der Waals surface area (Å²) in [5, 5.41) is 26.7. The van der Waals surface area contributed by atoms with E-state index in [1.54, 1.807) is 30.8 Å². The Morgan fingerprint density at radius 2 is 1.55 bits per heavy atom. The van der Waals surface area contributed by atoms with E-state index in [0.29, 0.717) is 24.2 Å². The fourth-order valence-electron chi connectivity index (χ4n) is 3.49. The minimum absolute atomic E-state index is 0.00791. The number of hydrogen-bond donors (Lipinski definition) is 7. The number of phenols is 1. The number of carbonyl (C=O) groups excluding carboxylic acids is 4. The van der Waals surface area contributed by atoms with Crippen LogP contribution in [-0.2, 0) is 30.4 Å². The van der Waals surface area contributed by atoms with Crippen molar-refractivity contribution in [3.8, 4) is 5.75 Å². The summed E-state index contributed by atoms with van der Waals surface area (Å²) in [4.78, 5) is 61.9. The van der Waals surface area contributed by atoms with Crippen molar-refractivity contribution < 1.29 is 34.2 Å². The van der Waals surface area contributed by atoms with Crippen LogP contribution in [0.25, 0.3) is 0 Å². The van der Waals surface area contributed by atoms with E-state index in [1.807, 2.05) is 13.2 Å². The third-order valence-corrected chi connectivity index (χ3v) is 6.71. The van der Waals surface area contributed by atoms with Crippen molar-refractivity contribution in [2.24, 2.45) is 17.4 Å². The molecule has 12 nitrogen and oxygen atoms in total. The summed E-state index contributed by atoms with van der Waals surface area (Å²) in [6, 6.07) is 1.51. The zero-order valence-corrected chi connectivity index (χ0v) is 22.8. The van der Waals surface area contributed by atoms with Crippen molar-refractivity contribution in [2.45, 2.75) is 70.1 Å². The highest BCUT2D eigenvalue weighted by Gasteiger charge is 2.32. The molecule has 38 heavy (non-hydrogen) atoms. The minimum atomic E-state index is -1.41. The highest BCUT2D eigenvalue weighted by atomic mass is 32.2. The molecule has 5 unspecified atom stereocenters. The van der Waals surface area contributed by atoms with Crippen LogP contribution in [0.5, 0.6) is 5.75 Å². The topological polar surface area (TPSA) is 214 Å². The summed E-state index contributed by atoms with van der Waals surface area (Å²) in [6.45, 7) is 3.62. The maximum absolute atomic E-state index is 13.3. The fourth-order valence-corrected chi connectivity index (χ4v) is 3.98. The third-order valence-electron chi connectivity index (χ3n) is 6.07. The summed E-state index contributed by atoms with van der Waals surface area (Å²) in [5.41, 5.74) is 11.6. The molecule has 1 aromatic rings. The lowest BCUT2D eigenvalue weighted by Crippen LogP contribution is -2.59. The van der Waals surface area contributed by atoms with Crippen LogP contribution in [0.3, 0.4) is 0 Å². The number of primary amides is 1. The molecule has 0 aromatic heterocycles. The first-order valence-electron chi connectivity index (χ1n) is 12.3. The number of carboxylic acids is 1. The number of benzene rings is 1. The maximum Gasteiger partial charge on any atom is 0.326 e. The van der Waals surface area contributed by atoms with Crippen LogP contribution in [0.2, 0.25) is 0 Å². The lowest BCUT2D eigenvalue weighted by atomic mass is 9.96. The second-order valence-corrected chi connectivity index (χ2v) is 10.1. The molecule has 0 aliphatic rings. The number of aliphatic carboxylic acids is 1. The van der Waals surface area contributed by atoms with E-state index in [4.69, 9.17) is 11.5 Å². The molecule has 0 aliphatic carbocycles. The fraction of sp³-hybridized carbons (Fsp3) is 0.560. The maximum atomic E-state index is 13.3. The zero-order valence-electron chi connectivity index (χ0n) is 21.9. The molecule has 1 rings (SSSR count). The number of carbonyl (C=O) groups is 5. The average Bonchev–Trinajstić information content (AvgIpc) is 2.87. The van der Waals surface area contributed by atoms with Crippen LogP contribution in [0.1, 0.15) is 45.1 Å². The average molecular weight is 554 g/mol. The zero-order chi connectivity index (χ0) is 28.8. The molecule has 0 saturated carbocycles. The molecule has 1 aromatic carbocycles. The molecular formula is C25H39N5O7S. The van der Waals surface area contributed by atoms with Gasteiger partial charge in [-0.3, -0.25) is 19.2 Å². The predicted molar refractivity (Wildman–Crippen MR) is 144 cm³/mol. The van der Waals surface area contributed by atoms with Crippen LogP contribution < -0.4 is 27.4 Å². The SMILES string of the molecule is CCC(C)C(NC(=O)C(N)CCSC)C(=O)NC(Cc1ccc(O)cc1)C(=O)NC(CCC(N)=O)C(=O)O. The molecule has 5 atom stereocenters. The van der Waals surface area contributed by atoms with E-state index in [2.05, 4.69) is 16.0 Å². The van der Waals surface area contributed by atoms with E-state index in [-0.39, 0.29) is 30.9 Å². The van der Waals surface area contributed by atoms with E-state index in [0.717, 1.165) is 0 Å². The Kier molecular flexibility index (Phi) is 14.2. The largest absolute Gasteiger partial charge is 0.508 e. The van der Waals surface area contributed by atoms with Gasteiger partial charge in [-0.1, -0.05) is 32.4 Å². The summed E-state index contributed by atoms with van der Waals surface area (Å²) < 4.78 is 0.